The lowest BCUT2D eigenvalue weighted by Crippen LogP contribution is -2.45. The molecule has 5 nitrogen and oxygen atoms in total. The minimum Gasteiger partial charge on any atom is -0.410 e. The first-order valence-corrected chi connectivity index (χ1v) is 9.64. The number of benzene rings is 2. The van der Waals surface area contributed by atoms with Gasteiger partial charge in [-0.15, -0.1) is 0 Å². The Morgan fingerprint density at radius 2 is 1.93 bits per heavy atom. The van der Waals surface area contributed by atoms with Gasteiger partial charge >= 0.3 is 6.09 Å². The van der Waals surface area contributed by atoms with Crippen LogP contribution >= 0.6 is 11.6 Å². The molecule has 27 heavy (non-hydrogen) atoms. The molecule has 2 unspecified atom stereocenters. The minimum atomic E-state index is -0.529. The number of carbonyl (C=O) groups excluding carboxylic acids is 1. The molecular weight excluding hydrogens is 364 g/mol. The van der Waals surface area contributed by atoms with Crippen molar-refractivity contribution in [2.75, 3.05) is 18.5 Å². The molecule has 1 N–H and O–H groups in total. The highest BCUT2D eigenvalue weighted by Crippen LogP contribution is 2.33. The van der Waals surface area contributed by atoms with Crippen LogP contribution in [0, 0.1) is 6.92 Å². The Morgan fingerprint density at radius 3 is 2.63 bits per heavy atom. The average molecular weight is 387 g/mol. The summed E-state index contributed by atoms with van der Waals surface area (Å²) >= 11 is 6.43. The second-order valence-corrected chi connectivity index (χ2v) is 7.57. The number of halogens is 1. The number of hydrogen-bond donors (Lipinski definition) is 1. The van der Waals surface area contributed by atoms with E-state index in [1.807, 2.05) is 31.2 Å². The van der Waals surface area contributed by atoms with Gasteiger partial charge < -0.3 is 9.47 Å². The van der Waals surface area contributed by atoms with Crippen molar-refractivity contribution in [2.45, 2.75) is 38.4 Å². The van der Waals surface area contributed by atoms with E-state index in [1.54, 1.807) is 18.2 Å². The number of fused-ring (bicyclic) bond motifs is 2. The van der Waals surface area contributed by atoms with Gasteiger partial charge in [0.05, 0.1) is 13.2 Å². The number of para-hydroxylation sites is 1. The molecule has 4 rings (SSSR count). The maximum Gasteiger partial charge on any atom is 0.417 e. The molecule has 2 aliphatic heterocycles. The minimum absolute atomic E-state index is 0.474. The van der Waals surface area contributed by atoms with Gasteiger partial charge in [0.2, 0.25) is 0 Å². The van der Waals surface area contributed by atoms with Crippen molar-refractivity contribution in [1.29, 1.82) is 0 Å². The molecule has 2 aromatic carbocycles. The highest BCUT2D eigenvalue weighted by molar-refractivity contribution is 6.31. The molecule has 2 saturated heterocycles. The molecule has 0 aromatic heterocycles. The fraction of sp³-hybridized carbons (Fsp3) is 0.381. The van der Waals surface area contributed by atoms with Gasteiger partial charge in [0.25, 0.3) is 0 Å². The van der Waals surface area contributed by atoms with Crippen molar-refractivity contribution in [3.05, 3.63) is 58.6 Å². The van der Waals surface area contributed by atoms with E-state index in [0.29, 0.717) is 28.5 Å². The van der Waals surface area contributed by atoms with Crippen LogP contribution in [0.15, 0.2) is 42.5 Å². The zero-order valence-electron chi connectivity index (χ0n) is 15.3. The molecule has 1 amide bonds. The average Bonchev–Trinajstić information content (AvgIpc) is 2.87. The molecule has 2 aromatic rings. The maximum atomic E-state index is 12.2. The lowest BCUT2D eigenvalue weighted by molar-refractivity contribution is -0.0187. The molecule has 0 saturated carbocycles. The van der Waals surface area contributed by atoms with Crippen LogP contribution < -0.4 is 10.1 Å². The summed E-state index contributed by atoms with van der Waals surface area (Å²) in [4.78, 5) is 14.7. The summed E-state index contributed by atoms with van der Waals surface area (Å²) in [6.45, 7) is 4.43. The fourth-order valence-electron chi connectivity index (χ4n) is 3.88. The van der Waals surface area contributed by atoms with Gasteiger partial charge in [-0.05, 0) is 55.2 Å². The van der Waals surface area contributed by atoms with Gasteiger partial charge in [-0.3, -0.25) is 10.2 Å². The summed E-state index contributed by atoms with van der Waals surface area (Å²) in [7, 11) is 0. The molecule has 2 fully saturated rings. The Bertz CT molecular complexity index is 812. The lowest BCUT2D eigenvalue weighted by atomic mass is 10.1. The molecule has 2 aliphatic rings. The molecule has 0 spiro atoms. The zero-order valence-corrected chi connectivity index (χ0v) is 16.0. The first-order chi connectivity index (χ1) is 13.1. The Kier molecular flexibility index (Phi) is 5.34. The second kappa shape index (κ2) is 7.89. The number of anilines is 1. The van der Waals surface area contributed by atoms with Crippen molar-refractivity contribution in [1.82, 2.24) is 4.90 Å². The van der Waals surface area contributed by atoms with Gasteiger partial charge in [-0.1, -0.05) is 29.8 Å². The monoisotopic (exact) mass is 386 g/mol. The van der Waals surface area contributed by atoms with Gasteiger partial charge in [-0.25, -0.2) is 4.79 Å². The van der Waals surface area contributed by atoms with Gasteiger partial charge in [0, 0.05) is 29.3 Å². The van der Waals surface area contributed by atoms with Crippen molar-refractivity contribution in [2.24, 2.45) is 0 Å². The summed E-state index contributed by atoms with van der Waals surface area (Å²) in [6, 6.07) is 13.7. The van der Waals surface area contributed by atoms with E-state index in [0.717, 1.165) is 30.9 Å². The number of ether oxygens (including phenoxy) is 2. The third kappa shape index (κ3) is 4.10. The van der Waals surface area contributed by atoms with Gasteiger partial charge in [-0.2, -0.15) is 0 Å². The van der Waals surface area contributed by atoms with Crippen LogP contribution in [0.1, 0.15) is 24.0 Å². The van der Waals surface area contributed by atoms with Gasteiger partial charge in [0.1, 0.15) is 5.75 Å². The smallest absolute Gasteiger partial charge is 0.410 e. The summed E-state index contributed by atoms with van der Waals surface area (Å²) in [6.07, 6.45) is 1.83. The van der Waals surface area contributed by atoms with Crippen LogP contribution in [0.4, 0.5) is 10.5 Å². The van der Waals surface area contributed by atoms with Crippen LogP contribution in [-0.2, 0) is 11.3 Å². The van der Waals surface area contributed by atoms with Crippen molar-refractivity contribution < 1.29 is 14.3 Å². The number of morpholine rings is 1. The highest BCUT2D eigenvalue weighted by Gasteiger charge is 2.37. The summed E-state index contributed by atoms with van der Waals surface area (Å²) in [5.41, 5.74) is 2.81. The highest BCUT2D eigenvalue weighted by atomic mass is 35.5. The molecule has 2 atom stereocenters. The Morgan fingerprint density at radius 1 is 1.22 bits per heavy atom. The van der Waals surface area contributed by atoms with Crippen LogP contribution in [0.2, 0.25) is 5.02 Å². The number of hydrogen-bond acceptors (Lipinski definition) is 4. The van der Waals surface area contributed by atoms with E-state index >= 15 is 0 Å². The van der Waals surface area contributed by atoms with E-state index in [1.165, 1.54) is 12.8 Å². The number of amides is 1. The predicted octanol–water partition coefficient (Wildman–Crippen LogP) is 4.62. The first-order valence-electron chi connectivity index (χ1n) is 9.26. The Hall–Kier alpha value is -2.08. The van der Waals surface area contributed by atoms with E-state index in [4.69, 9.17) is 21.1 Å². The van der Waals surface area contributed by atoms with E-state index < -0.39 is 6.09 Å². The SMILES string of the molecule is Cc1c(Cl)cc(NC(=O)Oc2ccccc2)cc1CN1C2CCC1COC2. The number of nitrogens with one attached hydrogen (secondary N) is 1. The number of carbonyl (C=O) groups is 1. The summed E-state index contributed by atoms with van der Waals surface area (Å²) in [5.74, 6) is 0.498. The Labute approximate surface area is 164 Å². The van der Waals surface area contributed by atoms with Crippen molar-refractivity contribution in [3.8, 4) is 5.75 Å². The van der Waals surface area contributed by atoms with E-state index in [-0.39, 0.29) is 0 Å². The molecule has 142 valence electrons. The second-order valence-electron chi connectivity index (χ2n) is 7.16. The molecule has 0 radical (unpaired) electrons. The molecule has 6 heteroatoms. The maximum absolute atomic E-state index is 12.2. The lowest BCUT2D eigenvalue weighted by Gasteiger charge is -2.35. The molecule has 2 bridgehead atoms. The summed E-state index contributed by atoms with van der Waals surface area (Å²) in [5, 5.41) is 3.43. The van der Waals surface area contributed by atoms with Crippen molar-refractivity contribution in [3.63, 3.8) is 0 Å². The van der Waals surface area contributed by atoms with Crippen LogP contribution in [-0.4, -0.2) is 36.3 Å². The molecular formula is C21H23ClN2O3. The third-order valence-corrected chi connectivity index (χ3v) is 5.79. The molecule has 2 heterocycles. The van der Waals surface area contributed by atoms with E-state index in [2.05, 4.69) is 10.2 Å². The Balaban J connectivity index is 1.48. The molecule has 0 aliphatic carbocycles. The van der Waals surface area contributed by atoms with Crippen LogP contribution in [0.3, 0.4) is 0 Å². The topological polar surface area (TPSA) is 50.8 Å². The van der Waals surface area contributed by atoms with Crippen LogP contribution in [0.25, 0.3) is 0 Å². The third-order valence-electron chi connectivity index (χ3n) is 5.40. The predicted molar refractivity (Wildman–Crippen MR) is 105 cm³/mol. The van der Waals surface area contributed by atoms with E-state index in [9.17, 15) is 4.79 Å². The quantitative estimate of drug-likeness (QED) is 0.832. The normalized spacial score (nSPS) is 21.9. The van der Waals surface area contributed by atoms with Crippen molar-refractivity contribution >= 4 is 23.4 Å². The largest absolute Gasteiger partial charge is 0.417 e. The zero-order chi connectivity index (χ0) is 18.8. The standard InChI is InChI=1S/C21H23ClN2O3/c1-14-15(11-24-17-7-8-18(24)13-26-12-17)9-16(10-20(14)22)23-21(25)27-19-5-3-2-4-6-19/h2-6,9-10,17-18H,7-8,11-13H2,1H3,(H,23,25). The van der Waals surface area contributed by atoms with Gasteiger partial charge in [0.15, 0.2) is 0 Å². The van der Waals surface area contributed by atoms with Crippen LogP contribution in [0.5, 0.6) is 5.75 Å². The number of rotatable bonds is 4. The summed E-state index contributed by atoms with van der Waals surface area (Å²) < 4.78 is 11.0. The fourth-order valence-corrected chi connectivity index (χ4v) is 4.12. The first kappa shape index (κ1) is 18.3. The number of nitrogens with zero attached hydrogens (tertiary/aromatic N) is 1.